The quantitative estimate of drug-likeness (QED) is 0.543. The smallest absolute Gasteiger partial charge is 0.0735 e. The minimum Gasteiger partial charge on any atom is -0.391 e. The predicted octanol–water partition coefficient (Wildman–Crippen LogP) is -0.670. The number of fused-ring (bicyclic) bond motifs is 1. The van der Waals surface area contributed by atoms with Crippen LogP contribution in [0, 0.1) is 0 Å². The Hall–Kier alpha value is -0.420. The summed E-state index contributed by atoms with van der Waals surface area (Å²) in [4.78, 5) is 2.19. The molecule has 2 aliphatic heterocycles. The Balaban J connectivity index is 1.93. The number of nitrogens with one attached hydrogen (secondary N) is 1. The highest BCUT2D eigenvalue weighted by Gasteiger charge is 2.42. The second-order valence-corrected chi connectivity index (χ2v) is 4.54. The number of hydrogen-bond donors (Lipinski definition) is 3. The molecule has 0 saturated carbocycles. The average molecular weight is 212 g/mol. The summed E-state index contributed by atoms with van der Waals surface area (Å²) in [6, 6.07) is 0.284. The van der Waals surface area contributed by atoms with E-state index >= 15 is 0 Å². The van der Waals surface area contributed by atoms with Crippen LogP contribution in [0.5, 0.6) is 0 Å². The third-order valence-corrected chi connectivity index (χ3v) is 3.45. The fourth-order valence-corrected chi connectivity index (χ4v) is 2.76. The first kappa shape index (κ1) is 11.1. The molecule has 0 amide bonds. The van der Waals surface area contributed by atoms with E-state index in [4.69, 9.17) is 0 Å². The monoisotopic (exact) mass is 212 g/mol. The average Bonchev–Trinajstić information content (AvgIpc) is 2.58. The van der Waals surface area contributed by atoms with Crippen LogP contribution in [0.3, 0.4) is 0 Å². The van der Waals surface area contributed by atoms with Crippen molar-refractivity contribution in [3.8, 4) is 0 Å². The van der Waals surface area contributed by atoms with Gasteiger partial charge in [0.25, 0.3) is 0 Å². The molecule has 4 atom stereocenters. The Kier molecular flexibility index (Phi) is 3.41. The van der Waals surface area contributed by atoms with Gasteiger partial charge in [0.05, 0.1) is 18.2 Å². The summed E-state index contributed by atoms with van der Waals surface area (Å²) in [6.45, 7) is 6.26. The van der Waals surface area contributed by atoms with E-state index in [1.165, 1.54) is 0 Å². The van der Waals surface area contributed by atoms with Gasteiger partial charge in [0.1, 0.15) is 0 Å². The zero-order chi connectivity index (χ0) is 10.8. The van der Waals surface area contributed by atoms with E-state index in [-0.39, 0.29) is 12.1 Å². The molecule has 0 spiro atoms. The van der Waals surface area contributed by atoms with Gasteiger partial charge in [-0.15, -0.1) is 6.58 Å². The van der Waals surface area contributed by atoms with Gasteiger partial charge in [-0.05, 0) is 12.8 Å². The number of hydrogen-bond acceptors (Lipinski definition) is 4. The fourth-order valence-electron chi connectivity index (χ4n) is 2.76. The summed E-state index contributed by atoms with van der Waals surface area (Å²) >= 11 is 0. The molecule has 0 radical (unpaired) electrons. The van der Waals surface area contributed by atoms with Gasteiger partial charge in [-0.25, -0.2) is 0 Å². The predicted molar refractivity (Wildman–Crippen MR) is 58.6 cm³/mol. The Bertz CT molecular complexity index is 235. The van der Waals surface area contributed by atoms with Crippen LogP contribution >= 0.6 is 0 Å². The highest BCUT2D eigenvalue weighted by molar-refractivity contribution is 4.99. The molecule has 4 heteroatoms. The van der Waals surface area contributed by atoms with E-state index in [9.17, 15) is 10.2 Å². The fraction of sp³-hybridized carbons (Fsp3) is 0.818. The van der Waals surface area contributed by atoms with Crippen molar-refractivity contribution >= 4 is 0 Å². The summed E-state index contributed by atoms with van der Waals surface area (Å²) in [5.74, 6) is 0. The minimum absolute atomic E-state index is 0.0354. The first-order valence-corrected chi connectivity index (χ1v) is 5.67. The van der Waals surface area contributed by atoms with Crippen LogP contribution in [0.25, 0.3) is 0 Å². The molecule has 0 aromatic carbocycles. The van der Waals surface area contributed by atoms with Crippen molar-refractivity contribution in [2.75, 3.05) is 19.6 Å². The second kappa shape index (κ2) is 4.61. The van der Waals surface area contributed by atoms with E-state index in [2.05, 4.69) is 16.8 Å². The summed E-state index contributed by atoms with van der Waals surface area (Å²) in [5.41, 5.74) is 0. The van der Waals surface area contributed by atoms with Crippen LogP contribution < -0.4 is 5.32 Å². The minimum atomic E-state index is -0.404. The van der Waals surface area contributed by atoms with Gasteiger partial charge in [-0.3, -0.25) is 4.90 Å². The van der Waals surface area contributed by atoms with Gasteiger partial charge >= 0.3 is 0 Å². The molecule has 0 aliphatic carbocycles. The van der Waals surface area contributed by atoms with Crippen LogP contribution in [0.1, 0.15) is 12.8 Å². The zero-order valence-corrected chi connectivity index (χ0v) is 8.97. The summed E-state index contributed by atoms with van der Waals surface area (Å²) in [5, 5.41) is 23.0. The van der Waals surface area contributed by atoms with Crippen molar-refractivity contribution in [2.45, 2.75) is 37.1 Å². The van der Waals surface area contributed by atoms with Gasteiger partial charge in [0.2, 0.25) is 0 Å². The number of aliphatic hydroxyl groups excluding tert-OH is 2. The van der Waals surface area contributed by atoms with Crippen molar-refractivity contribution in [1.29, 1.82) is 0 Å². The van der Waals surface area contributed by atoms with Gasteiger partial charge in [0, 0.05) is 25.7 Å². The number of aliphatic hydroxyl groups is 2. The van der Waals surface area contributed by atoms with Crippen LogP contribution in [0.4, 0.5) is 0 Å². The van der Waals surface area contributed by atoms with Gasteiger partial charge in [-0.1, -0.05) is 6.08 Å². The van der Waals surface area contributed by atoms with Gasteiger partial charge in [-0.2, -0.15) is 0 Å². The lowest BCUT2D eigenvalue weighted by Gasteiger charge is -2.39. The Labute approximate surface area is 90.6 Å². The third-order valence-electron chi connectivity index (χ3n) is 3.45. The van der Waals surface area contributed by atoms with Crippen LogP contribution in [0.15, 0.2) is 12.7 Å². The van der Waals surface area contributed by atoms with Crippen LogP contribution in [-0.4, -0.2) is 59.0 Å². The lowest BCUT2D eigenvalue weighted by atomic mass is 9.94. The Morgan fingerprint density at radius 3 is 2.93 bits per heavy atom. The molecule has 0 aromatic heterocycles. The SMILES string of the molecule is C=CCNC1CC(O)C2C(O)CCN2C1. The lowest BCUT2D eigenvalue weighted by molar-refractivity contribution is -0.0231. The van der Waals surface area contributed by atoms with Crippen molar-refractivity contribution in [1.82, 2.24) is 10.2 Å². The standard InChI is InChI=1S/C11H20N2O2/c1-2-4-12-8-6-10(15)11-9(14)3-5-13(11)7-8/h2,8-12,14-15H,1,3-7H2. The van der Waals surface area contributed by atoms with Crippen molar-refractivity contribution in [2.24, 2.45) is 0 Å². The highest BCUT2D eigenvalue weighted by Crippen LogP contribution is 2.27. The molecule has 86 valence electrons. The molecule has 2 saturated heterocycles. The molecule has 3 N–H and O–H groups in total. The van der Waals surface area contributed by atoms with E-state index in [0.717, 1.165) is 32.5 Å². The first-order chi connectivity index (χ1) is 7.22. The van der Waals surface area contributed by atoms with Crippen LogP contribution in [-0.2, 0) is 0 Å². The molecule has 0 aromatic rings. The molecule has 0 bridgehead atoms. The molecule has 15 heavy (non-hydrogen) atoms. The van der Waals surface area contributed by atoms with Gasteiger partial charge < -0.3 is 15.5 Å². The van der Waals surface area contributed by atoms with E-state index in [0.29, 0.717) is 6.04 Å². The number of rotatable bonds is 3. The molecule has 2 heterocycles. The molecular formula is C11H20N2O2. The maximum absolute atomic E-state index is 9.95. The van der Waals surface area contributed by atoms with Crippen molar-refractivity contribution in [3.05, 3.63) is 12.7 Å². The molecule has 2 fully saturated rings. The molecular weight excluding hydrogens is 192 g/mol. The number of nitrogens with zero attached hydrogens (tertiary/aromatic N) is 1. The Morgan fingerprint density at radius 2 is 2.20 bits per heavy atom. The zero-order valence-electron chi connectivity index (χ0n) is 8.97. The van der Waals surface area contributed by atoms with E-state index < -0.39 is 6.10 Å². The number of piperidine rings is 1. The highest BCUT2D eigenvalue weighted by atomic mass is 16.3. The molecule has 4 unspecified atom stereocenters. The summed E-state index contributed by atoms with van der Waals surface area (Å²) in [6.07, 6.45) is 2.60. The van der Waals surface area contributed by atoms with E-state index in [1.807, 2.05) is 6.08 Å². The largest absolute Gasteiger partial charge is 0.391 e. The Morgan fingerprint density at radius 1 is 1.40 bits per heavy atom. The summed E-state index contributed by atoms with van der Waals surface area (Å²) < 4.78 is 0. The first-order valence-electron chi connectivity index (χ1n) is 5.67. The maximum atomic E-state index is 9.95. The van der Waals surface area contributed by atoms with Crippen LogP contribution in [0.2, 0.25) is 0 Å². The maximum Gasteiger partial charge on any atom is 0.0735 e. The second-order valence-electron chi connectivity index (χ2n) is 4.54. The van der Waals surface area contributed by atoms with Crippen molar-refractivity contribution < 1.29 is 10.2 Å². The lowest BCUT2D eigenvalue weighted by Crippen LogP contribution is -2.56. The topological polar surface area (TPSA) is 55.7 Å². The summed E-state index contributed by atoms with van der Waals surface area (Å²) in [7, 11) is 0. The third kappa shape index (κ3) is 2.23. The van der Waals surface area contributed by atoms with E-state index in [1.54, 1.807) is 0 Å². The normalized spacial score (nSPS) is 41.5. The molecule has 2 rings (SSSR count). The van der Waals surface area contributed by atoms with Crippen molar-refractivity contribution in [3.63, 3.8) is 0 Å². The molecule has 4 nitrogen and oxygen atoms in total. The van der Waals surface area contributed by atoms with Gasteiger partial charge in [0.15, 0.2) is 0 Å². The molecule has 2 aliphatic rings.